The van der Waals surface area contributed by atoms with Gasteiger partial charge in [-0.15, -0.1) is 0 Å². The fourth-order valence-corrected chi connectivity index (χ4v) is 2.65. The molecule has 1 aliphatic rings. The van der Waals surface area contributed by atoms with Crippen molar-refractivity contribution < 1.29 is 0 Å². The minimum absolute atomic E-state index is 0.568. The quantitative estimate of drug-likeness (QED) is 0.804. The van der Waals surface area contributed by atoms with Gasteiger partial charge >= 0.3 is 0 Å². The summed E-state index contributed by atoms with van der Waals surface area (Å²) in [5, 5.41) is 4.13. The molecule has 0 aliphatic carbocycles. The number of aromatic nitrogens is 1. The van der Waals surface area contributed by atoms with E-state index < -0.39 is 0 Å². The van der Waals surface area contributed by atoms with Crippen LogP contribution in [0.2, 0.25) is 5.15 Å². The topological polar surface area (TPSA) is 28.2 Å². The highest BCUT2D eigenvalue weighted by atomic mass is 35.5. The second-order valence-corrected chi connectivity index (χ2v) is 5.40. The molecule has 1 atom stereocenters. The minimum atomic E-state index is 0.568. The van der Waals surface area contributed by atoms with Gasteiger partial charge in [0.1, 0.15) is 5.15 Å². The van der Waals surface area contributed by atoms with Crippen molar-refractivity contribution >= 4 is 11.6 Å². The Balaban J connectivity index is 1.90. The van der Waals surface area contributed by atoms with E-state index in [2.05, 4.69) is 28.2 Å². The van der Waals surface area contributed by atoms with Crippen LogP contribution in [0.15, 0.2) is 18.3 Å². The van der Waals surface area contributed by atoms with Gasteiger partial charge in [-0.2, -0.15) is 0 Å². The van der Waals surface area contributed by atoms with Crippen molar-refractivity contribution in [1.82, 2.24) is 15.2 Å². The molecule has 4 heteroatoms. The summed E-state index contributed by atoms with van der Waals surface area (Å²) in [6, 6.07) is 4.60. The SMILES string of the molecule is CCCN(Cc1ccc(Cl)nc1)CC1CCCN1. The zero-order chi connectivity index (χ0) is 12.8. The molecule has 100 valence electrons. The molecule has 1 aromatic heterocycles. The highest BCUT2D eigenvalue weighted by molar-refractivity contribution is 6.29. The van der Waals surface area contributed by atoms with E-state index in [1.807, 2.05) is 12.3 Å². The van der Waals surface area contributed by atoms with Crippen LogP contribution in [0.1, 0.15) is 31.7 Å². The third-order valence-electron chi connectivity index (χ3n) is 3.38. The predicted molar refractivity (Wildman–Crippen MR) is 75.8 cm³/mol. The third-order valence-corrected chi connectivity index (χ3v) is 3.60. The van der Waals surface area contributed by atoms with Gasteiger partial charge < -0.3 is 5.32 Å². The molecule has 3 nitrogen and oxygen atoms in total. The van der Waals surface area contributed by atoms with E-state index in [1.54, 1.807) is 0 Å². The maximum absolute atomic E-state index is 5.81. The van der Waals surface area contributed by atoms with E-state index >= 15 is 0 Å². The Hall–Kier alpha value is -0.640. The van der Waals surface area contributed by atoms with E-state index in [1.165, 1.54) is 31.4 Å². The smallest absolute Gasteiger partial charge is 0.129 e. The Bertz CT molecular complexity index is 347. The molecule has 0 bridgehead atoms. The normalized spacial score (nSPS) is 19.6. The van der Waals surface area contributed by atoms with Gasteiger partial charge in [0.05, 0.1) is 0 Å². The average Bonchev–Trinajstić information content (AvgIpc) is 2.85. The van der Waals surface area contributed by atoms with E-state index in [-0.39, 0.29) is 0 Å². The van der Waals surface area contributed by atoms with Crippen LogP contribution in [0.5, 0.6) is 0 Å². The Morgan fingerprint density at radius 3 is 3.00 bits per heavy atom. The highest BCUT2D eigenvalue weighted by Gasteiger charge is 2.17. The molecule has 18 heavy (non-hydrogen) atoms. The number of nitrogens with zero attached hydrogens (tertiary/aromatic N) is 2. The van der Waals surface area contributed by atoms with Crippen molar-refractivity contribution in [3.63, 3.8) is 0 Å². The number of hydrogen-bond donors (Lipinski definition) is 1. The molecule has 1 aromatic rings. The van der Waals surface area contributed by atoms with Crippen molar-refractivity contribution in [2.45, 2.75) is 38.8 Å². The molecular weight excluding hydrogens is 246 g/mol. The third kappa shape index (κ3) is 4.23. The van der Waals surface area contributed by atoms with Crippen molar-refractivity contribution in [1.29, 1.82) is 0 Å². The zero-order valence-corrected chi connectivity index (χ0v) is 11.8. The first-order valence-electron chi connectivity index (χ1n) is 6.84. The van der Waals surface area contributed by atoms with E-state index in [4.69, 9.17) is 11.6 Å². The zero-order valence-electron chi connectivity index (χ0n) is 11.0. The lowest BCUT2D eigenvalue weighted by Gasteiger charge is -2.25. The molecule has 2 heterocycles. The molecule has 0 amide bonds. The summed E-state index contributed by atoms with van der Waals surface area (Å²) in [7, 11) is 0. The van der Waals surface area contributed by atoms with Crippen molar-refractivity contribution in [3.8, 4) is 0 Å². The van der Waals surface area contributed by atoms with Crippen LogP contribution < -0.4 is 5.32 Å². The lowest BCUT2D eigenvalue weighted by atomic mass is 10.2. The molecule has 0 spiro atoms. The summed E-state index contributed by atoms with van der Waals surface area (Å²) in [5.41, 5.74) is 1.24. The van der Waals surface area contributed by atoms with Crippen LogP contribution in [-0.2, 0) is 6.54 Å². The maximum Gasteiger partial charge on any atom is 0.129 e. The summed E-state index contributed by atoms with van der Waals surface area (Å²) in [4.78, 5) is 6.66. The van der Waals surface area contributed by atoms with Crippen molar-refractivity contribution in [2.75, 3.05) is 19.6 Å². The van der Waals surface area contributed by atoms with Gasteiger partial charge in [-0.05, 0) is 44.0 Å². The number of pyridine rings is 1. The molecular formula is C14H22ClN3. The summed E-state index contributed by atoms with van der Waals surface area (Å²) >= 11 is 5.81. The lowest BCUT2D eigenvalue weighted by molar-refractivity contribution is 0.241. The van der Waals surface area contributed by atoms with Crippen molar-refractivity contribution in [2.24, 2.45) is 0 Å². The number of nitrogens with one attached hydrogen (secondary N) is 1. The molecule has 0 saturated carbocycles. The van der Waals surface area contributed by atoms with E-state index in [0.29, 0.717) is 11.2 Å². The number of rotatable bonds is 6. The number of hydrogen-bond acceptors (Lipinski definition) is 3. The standard InChI is InChI=1S/C14H22ClN3/c1-2-8-18(11-13-4-3-7-16-13)10-12-5-6-14(15)17-9-12/h5-6,9,13,16H,2-4,7-8,10-11H2,1H3. The Morgan fingerprint density at radius 1 is 1.50 bits per heavy atom. The predicted octanol–water partition coefficient (Wildman–Crippen LogP) is 2.70. The Kier molecular flexibility index (Phi) is 5.42. The first kappa shape index (κ1) is 13.8. The Labute approximate surface area is 115 Å². The van der Waals surface area contributed by atoms with Gasteiger partial charge in [-0.25, -0.2) is 4.98 Å². The summed E-state index contributed by atoms with van der Waals surface area (Å²) in [6.45, 7) is 6.65. The molecule has 1 saturated heterocycles. The Morgan fingerprint density at radius 2 is 2.39 bits per heavy atom. The first-order valence-corrected chi connectivity index (χ1v) is 7.22. The second kappa shape index (κ2) is 7.07. The molecule has 1 N–H and O–H groups in total. The van der Waals surface area contributed by atoms with Crippen LogP contribution in [0.25, 0.3) is 0 Å². The first-order chi connectivity index (χ1) is 8.78. The largest absolute Gasteiger partial charge is 0.313 e. The van der Waals surface area contributed by atoms with Gasteiger partial charge in [0.2, 0.25) is 0 Å². The second-order valence-electron chi connectivity index (χ2n) is 5.02. The van der Waals surface area contributed by atoms with E-state index in [9.17, 15) is 0 Å². The van der Waals surface area contributed by atoms with Gasteiger partial charge in [-0.1, -0.05) is 24.6 Å². The molecule has 0 radical (unpaired) electrons. The highest BCUT2D eigenvalue weighted by Crippen LogP contribution is 2.12. The molecule has 2 rings (SSSR count). The molecule has 1 fully saturated rings. The fraction of sp³-hybridized carbons (Fsp3) is 0.643. The minimum Gasteiger partial charge on any atom is -0.313 e. The van der Waals surface area contributed by atoms with Crippen LogP contribution >= 0.6 is 11.6 Å². The molecule has 0 aromatic carbocycles. The fourth-order valence-electron chi connectivity index (χ4n) is 2.53. The maximum atomic E-state index is 5.81. The summed E-state index contributed by atoms with van der Waals surface area (Å²) < 4.78 is 0. The summed E-state index contributed by atoms with van der Waals surface area (Å²) in [6.07, 6.45) is 5.69. The monoisotopic (exact) mass is 267 g/mol. The van der Waals surface area contributed by atoms with Crippen LogP contribution in [0.4, 0.5) is 0 Å². The van der Waals surface area contributed by atoms with Gasteiger partial charge in [0, 0.05) is 25.3 Å². The van der Waals surface area contributed by atoms with Crippen molar-refractivity contribution in [3.05, 3.63) is 29.0 Å². The van der Waals surface area contributed by atoms with Crippen LogP contribution in [0.3, 0.4) is 0 Å². The lowest BCUT2D eigenvalue weighted by Crippen LogP contribution is -2.37. The van der Waals surface area contributed by atoms with Crippen LogP contribution in [-0.4, -0.2) is 35.6 Å². The van der Waals surface area contributed by atoms with Gasteiger partial charge in [-0.3, -0.25) is 4.90 Å². The molecule has 1 aliphatic heterocycles. The van der Waals surface area contributed by atoms with Gasteiger partial charge in [0.15, 0.2) is 0 Å². The average molecular weight is 268 g/mol. The number of halogens is 1. The van der Waals surface area contributed by atoms with E-state index in [0.717, 1.165) is 19.6 Å². The summed E-state index contributed by atoms with van der Waals surface area (Å²) in [5.74, 6) is 0. The molecule has 1 unspecified atom stereocenters. The van der Waals surface area contributed by atoms with Crippen LogP contribution in [0, 0.1) is 0 Å². The van der Waals surface area contributed by atoms with Gasteiger partial charge in [0.25, 0.3) is 0 Å².